The summed E-state index contributed by atoms with van der Waals surface area (Å²) in [7, 11) is 1.22. The molecule has 0 aromatic carbocycles. The molecule has 16 heavy (non-hydrogen) atoms. The second kappa shape index (κ2) is 5.67. The van der Waals surface area contributed by atoms with Crippen LogP contribution in [0.25, 0.3) is 0 Å². The normalized spacial score (nSPS) is 32.6. The van der Waals surface area contributed by atoms with Crippen molar-refractivity contribution in [2.24, 2.45) is 11.3 Å². The Morgan fingerprint density at radius 3 is 2.50 bits per heavy atom. The number of hydrogen-bond donors (Lipinski definition) is 0. The minimum atomic E-state index is 0.543. The third-order valence-corrected chi connectivity index (χ3v) is 6.53. The Balaban J connectivity index is 2.60. The molecule has 1 fully saturated rings. The van der Waals surface area contributed by atoms with E-state index in [0.717, 1.165) is 5.92 Å². The summed E-state index contributed by atoms with van der Waals surface area (Å²) in [5.74, 6) is 0.816. The van der Waals surface area contributed by atoms with Crippen LogP contribution in [0.5, 0.6) is 0 Å². The molecule has 0 amide bonds. The van der Waals surface area contributed by atoms with E-state index in [1.165, 1.54) is 40.4 Å². The van der Waals surface area contributed by atoms with Crippen molar-refractivity contribution in [3.63, 3.8) is 0 Å². The fourth-order valence-electron chi connectivity index (χ4n) is 2.87. The maximum absolute atomic E-state index is 2.51. The standard InChI is InChI=1S/C15H29P/c1-6-8-9-13(3)14(4,7-2)12-15(5)10-11-16-15/h6,8,13,16H,7,9-12H2,1-5H3. The quantitative estimate of drug-likeness (QED) is 0.440. The van der Waals surface area contributed by atoms with Crippen molar-refractivity contribution in [2.45, 2.75) is 65.5 Å². The van der Waals surface area contributed by atoms with Gasteiger partial charge in [0.15, 0.2) is 0 Å². The number of rotatable bonds is 6. The largest absolute Gasteiger partial charge is 0.116 e. The predicted molar refractivity (Wildman–Crippen MR) is 77.8 cm³/mol. The zero-order chi connectivity index (χ0) is 12.2. The van der Waals surface area contributed by atoms with Crippen LogP contribution in [0.3, 0.4) is 0 Å². The molecule has 0 bridgehead atoms. The van der Waals surface area contributed by atoms with Crippen LogP contribution >= 0.6 is 8.58 Å². The summed E-state index contributed by atoms with van der Waals surface area (Å²) in [5.41, 5.74) is 0.543. The maximum Gasteiger partial charge on any atom is -0.0142 e. The molecule has 1 rings (SSSR count). The molecule has 1 heterocycles. The minimum Gasteiger partial charge on any atom is -0.116 e. The molecule has 4 atom stereocenters. The van der Waals surface area contributed by atoms with Crippen LogP contribution in [0, 0.1) is 11.3 Å². The van der Waals surface area contributed by atoms with Crippen molar-refractivity contribution in [3.05, 3.63) is 12.2 Å². The van der Waals surface area contributed by atoms with E-state index < -0.39 is 0 Å². The SMILES string of the molecule is CC=CCC(C)C(C)(CC)CC1(C)CCP1. The van der Waals surface area contributed by atoms with Crippen LogP contribution < -0.4 is 0 Å². The molecule has 0 spiro atoms. The van der Waals surface area contributed by atoms with Gasteiger partial charge >= 0.3 is 0 Å². The van der Waals surface area contributed by atoms with Gasteiger partial charge in [0.2, 0.25) is 0 Å². The summed E-state index contributed by atoms with van der Waals surface area (Å²) in [6.45, 7) is 12.0. The van der Waals surface area contributed by atoms with Crippen LogP contribution in [-0.4, -0.2) is 11.3 Å². The van der Waals surface area contributed by atoms with E-state index in [1.807, 2.05) is 0 Å². The molecule has 4 unspecified atom stereocenters. The molecule has 1 saturated heterocycles. The van der Waals surface area contributed by atoms with Gasteiger partial charge in [-0.1, -0.05) is 46.3 Å². The Morgan fingerprint density at radius 1 is 1.50 bits per heavy atom. The molecule has 0 nitrogen and oxygen atoms in total. The maximum atomic E-state index is 2.51. The van der Waals surface area contributed by atoms with Crippen LogP contribution in [0.1, 0.15) is 60.3 Å². The molecule has 0 aliphatic carbocycles. The monoisotopic (exact) mass is 240 g/mol. The van der Waals surface area contributed by atoms with E-state index in [1.54, 1.807) is 0 Å². The van der Waals surface area contributed by atoms with Gasteiger partial charge in [-0.25, -0.2) is 0 Å². The Bertz CT molecular complexity index is 240. The van der Waals surface area contributed by atoms with E-state index in [4.69, 9.17) is 0 Å². The highest BCUT2D eigenvalue weighted by Gasteiger charge is 2.40. The lowest BCUT2D eigenvalue weighted by atomic mass is 9.68. The van der Waals surface area contributed by atoms with Crippen molar-refractivity contribution in [2.75, 3.05) is 6.16 Å². The molecule has 0 N–H and O–H groups in total. The zero-order valence-corrected chi connectivity index (χ0v) is 12.8. The van der Waals surface area contributed by atoms with Gasteiger partial charge in [0.05, 0.1) is 0 Å². The highest BCUT2D eigenvalue weighted by molar-refractivity contribution is 7.41. The average Bonchev–Trinajstić information content (AvgIpc) is 2.23. The van der Waals surface area contributed by atoms with Crippen molar-refractivity contribution in [1.29, 1.82) is 0 Å². The molecule has 1 heteroatoms. The lowest BCUT2D eigenvalue weighted by Gasteiger charge is -2.47. The number of allylic oxidation sites excluding steroid dienone is 2. The van der Waals surface area contributed by atoms with Crippen LogP contribution in [-0.2, 0) is 0 Å². The summed E-state index contributed by atoms with van der Waals surface area (Å²) in [4.78, 5) is 0. The van der Waals surface area contributed by atoms with Gasteiger partial charge < -0.3 is 0 Å². The van der Waals surface area contributed by atoms with E-state index in [2.05, 4.69) is 46.8 Å². The van der Waals surface area contributed by atoms with E-state index in [-0.39, 0.29) is 0 Å². The first-order valence-corrected chi connectivity index (χ1v) is 8.03. The van der Waals surface area contributed by atoms with Gasteiger partial charge in [-0.05, 0) is 48.8 Å². The number of hydrogen-bond acceptors (Lipinski definition) is 0. The van der Waals surface area contributed by atoms with Crippen molar-refractivity contribution in [1.82, 2.24) is 0 Å². The second-order valence-corrected chi connectivity index (χ2v) is 8.19. The predicted octanol–water partition coefficient (Wildman–Crippen LogP) is 5.24. The van der Waals surface area contributed by atoms with Crippen LogP contribution in [0.4, 0.5) is 0 Å². The first-order valence-electron chi connectivity index (χ1n) is 6.82. The molecule has 0 saturated carbocycles. The highest BCUT2D eigenvalue weighted by Crippen LogP contribution is 2.55. The Hall–Kier alpha value is 0.170. The average molecular weight is 240 g/mol. The molecule has 1 aliphatic rings. The first kappa shape index (κ1) is 14.2. The molecule has 0 aromatic heterocycles. The summed E-state index contributed by atoms with van der Waals surface area (Å²) < 4.78 is 0. The Kier molecular flexibility index (Phi) is 5.05. The summed E-state index contributed by atoms with van der Waals surface area (Å²) in [5, 5.41) is 0.689. The fraction of sp³-hybridized carbons (Fsp3) is 0.867. The third-order valence-electron chi connectivity index (χ3n) is 4.75. The fourth-order valence-corrected chi connectivity index (χ4v) is 4.50. The van der Waals surface area contributed by atoms with E-state index >= 15 is 0 Å². The van der Waals surface area contributed by atoms with E-state index in [0.29, 0.717) is 10.6 Å². The van der Waals surface area contributed by atoms with Gasteiger partial charge in [0.1, 0.15) is 0 Å². The first-order chi connectivity index (χ1) is 7.46. The lowest BCUT2D eigenvalue weighted by Crippen LogP contribution is -2.38. The van der Waals surface area contributed by atoms with Gasteiger partial charge in [0, 0.05) is 0 Å². The summed E-state index contributed by atoms with van der Waals surface area (Å²) >= 11 is 0. The van der Waals surface area contributed by atoms with E-state index in [9.17, 15) is 0 Å². The molecule has 94 valence electrons. The van der Waals surface area contributed by atoms with Crippen molar-refractivity contribution >= 4 is 8.58 Å². The molecule has 0 radical (unpaired) electrons. The summed E-state index contributed by atoms with van der Waals surface area (Å²) in [6, 6.07) is 0. The minimum absolute atomic E-state index is 0.543. The molecule has 1 aliphatic heterocycles. The van der Waals surface area contributed by atoms with Gasteiger partial charge in [-0.2, -0.15) is 0 Å². The molecular formula is C15H29P. The second-order valence-electron chi connectivity index (χ2n) is 6.13. The van der Waals surface area contributed by atoms with Crippen LogP contribution in [0.2, 0.25) is 0 Å². The van der Waals surface area contributed by atoms with Gasteiger partial charge in [-0.15, -0.1) is 8.58 Å². The third kappa shape index (κ3) is 3.33. The topological polar surface area (TPSA) is 0 Å². The summed E-state index contributed by atoms with van der Waals surface area (Å²) in [6.07, 6.45) is 11.5. The molecule has 0 aromatic rings. The Labute approximate surface area is 104 Å². The van der Waals surface area contributed by atoms with Crippen LogP contribution in [0.15, 0.2) is 12.2 Å². The molecular weight excluding hydrogens is 211 g/mol. The van der Waals surface area contributed by atoms with Crippen molar-refractivity contribution < 1.29 is 0 Å². The Morgan fingerprint density at radius 2 is 2.12 bits per heavy atom. The van der Waals surface area contributed by atoms with Crippen molar-refractivity contribution in [3.8, 4) is 0 Å². The zero-order valence-electron chi connectivity index (χ0n) is 11.8. The highest BCUT2D eigenvalue weighted by atomic mass is 31.1. The smallest absolute Gasteiger partial charge is 0.0142 e. The van der Waals surface area contributed by atoms with Gasteiger partial charge in [-0.3, -0.25) is 0 Å². The lowest BCUT2D eigenvalue weighted by molar-refractivity contribution is 0.152. The van der Waals surface area contributed by atoms with Gasteiger partial charge in [0.25, 0.3) is 0 Å².